The smallest absolute Gasteiger partial charge is 0.124 e. The first-order valence-electron chi connectivity index (χ1n) is 5.50. The Balaban J connectivity index is 2.21. The summed E-state index contributed by atoms with van der Waals surface area (Å²) >= 11 is 5.85. The van der Waals surface area contributed by atoms with E-state index in [9.17, 15) is 5.11 Å². The van der Waals surface area contributed by atoms with Crippen molar-refractivity contribution in [3.63, 3.8) is 0 Å². The van der Waals surface area contributed by atoms with Crippen molar-refractivity contribution in [3.05, 3.63) is 58.6 Å². The molecule has 0 atom stereocenters. The molecule has 3 N–H and O–H groups in total. The fraction of sp³-hybridized carbons (Fsp3) is 0.0714. The van der Waals surface area contributed by atoms with Crippen LogP contribution in [0.2, 0.25) is 5.02 Å². The molecular weight excluding hydrogens is 248 g/mol. The molecule has 0 radical (unpaired) electrons. The lowest BCUT2D eigenvalue weighted by Gasteiger charge is -2.00. The molecule has 2 aromatic rings. The number of halogens is 1. The van der Waals surface area contributed by atoms with Crippen molar-refractivity contribution in [2.24, 2.45) is 10.7 Å². The fourth-order valence-corrected chi connectivity index (χ4v) is 1.67. The van der Waals surface area contributed by atoms with Gasteiger partial charge in [-0.25, -0.2) is 0 Å². The van der Waals surface area contributed by atoms with E-state index in [0.29, 0.717) is 17.1 Å². The second-order valence-electron chi connectivity index (χ2n) is 3.83. The molecule has 0 spiro atoms. The topological polar surface area (TPSA) is 58.6 Å². The van der Waals surface area contributed by atoms with E-state index in [1.165, 1.54) is 0 Å². The van der Waals surface area contributed by atoms with Crippen LogP contribution in [-0.4, -0.2) is 11.3 Å². The third-order valence-electron chi connectivity index (χ3n) is 2.51. The van der Waals surface area contributed by atoms with E-state index in [-0.39, 0.29) is 5.75 Å². The maximum absolute atomic E-state index is 9.63. The standard InChI is InChI=1S/C14H13ClN2O/c15-12-3-6-14(18)11(7-12)9-17-13-4-1-10(8-16)2-5-13/h1-7,9,18H,8,16H2/b17-9+. The molecule has 4 heteroatoms. The minimum atomic E-state index is 0.154. The summed E-state index contributed by atoms with van der Waals surface area (Å²) in [7, 11) is 0. The third-order valence-corrected chi connectivity index (χ3v) is 2.75. The van der Waals surface area contributed by atoms with Crippen LogP contribution in [0.3, 0.4) is 0 Å². The van der Waals surface area contributed by atoms with Crippen LogP contribution in [-0.2, 0) is 6.54 Å². The van der Waals surface area contributed by atoms with Gasteiger partial charge in [0.1, 0.15) is 5.75 Å². The summed E-state index contributed by atoms with van der Waals surface area (Å²) in [5.41, 5.74) is 7.96. The monoisotopic (exact) mass is 260 g/mol. The number of aromatic hydroxyl groups is 1. The lowest BCUT2D eigenvalue weighted by Crippen LogP contribution is -1.94. The van der Waals surface area contributed by atoms with Crippen molar-refractivity contribution in [2.45, 2.75) is 6.54 Å². The highest BCUT2D eigenvalue weighted by Gasteiger charge is 1.98. The molecule has 0 aliphatic carbocycles. The SMILES string of the molecule is NCc1ccc(/N=C/c2cc(Cl)ccc2O)cc1. The van der Waals surface area contributed by atoms with Crippen molar-refractivity contribution >= 4 is 23.5 Å². The number of nitrogens with zero attached hydrogens (tertiary/aromatic N) is 1. The molecule has 92 valence electrons. The molecule has 18 heavy (non-hydrogen) atoms. The van der Waals surface area contributed by atoms with Crippen LogP contribution >= 0.6 is 11.6 Å². The molecule has 0 saturated heterocycles. The molecule has 2 aromatic carbocycles. The summed E-state index contributed by atoms with van der Waals surface area (Å²) in [6, 6.07) is 12.4. The molecular formula is C14H13ClN2O. The number of nitrogens with two attached hydrogens (primary N) is 1. The summed E-state index contributed by atoms with van der Waals surface area (Å²) in [5.74, 6) is 0.154. The van der Waals surface area contributed by atoms with Crippen LogP contribution in [0.5, 0.6) is 5.75 Å². The Labute approximate surface area is 111 Å². The average molecular weight is 261 g/mol. The van der Waals surface area contributed by atoms with Gasteiger partial charge in [0.25, 0.3) is 0 Å². The van der Waals surface area contributed by atoms with E-state index in [2.05, 4.69) is 4.99 Å². The molecule has 0 heterocycles. The zero-order chi connectivity index (χ0) is 13.0. The summed E-state index contributed by atoms with van der Waals surface area (Å²) < 4.78 is 0. The van der Waals surface area contributed by atoms with Gasteiger partial charge in [-0.15, -0.1) is 0 Å². The van der Waals surface area contributed by atoms with Crippen LogP contribution in [0.15, 0.2) is 47.5 Å². The van der Waals surface area contributed by atoms with Gasteiger partial charge >= 0.3 is 0 Å². The molecule has 0 aliphatic rings. The Hall–Kier alpha value is -1.84. The Morgan fingerprint density at radius 3 is 2.56 bits per heavy atom. The quantitative estimate of drug-likeness (QED) is 0.833. The first-order valence-corrected chi connectivity index (χ1v) is 5.88. The predicted octanol–water partition coefficient (Wildman–Crippen LogP) is 3.25. The molecule has 3 nitrogen and oxygen atoms in total. The number of hydrogen-bond acceptors (Lipinski definition) is 3. The van der Waals surface area contributed by atoms with E-state index in [1.54, 1.807) is 24.4 Å². The highest BCUT2D eigenvalue weighted by Crippen LogP contribution is 2.21. The van der Waals surface area contributed by atoms with Gasteiger partial charge in [0.05, 0.1) is 5.69 Å². The van der Waals surface area contributed by atoms with Crippen molar-refractivity contribution in [1.82, 2.24) is 0 Å². The highest BCUT2D eigenvalue weighted by molar-refractivity contribution is 6.30. The van der Waals surface area contributed by atoms with Crippen molar-refractivity contribution in [3.8, 4) is 5.75 Å². The van der Waals surface area contributed by atoms with Gasteiger partial charge < -0.3 is 10.8 Å². The molecule has 0 saturated carbocycles. The first-order chi connectivity index (χ1) is 8.69. The van der Waals surface area contributed by atoms with E-state index in [1.807, 2.05) is 24.3 Å². The highest BCUT2D eigenvalue weighted by atomic mass is 35.5. The molecule has 0 bridgehead atoms. The Morgan fingerprint density at radius 1 is 1.17 bits per heavy atom. The van der Waals surface area contributed by atoms with Gasteiger partial charge in [0.15, 0.2) is 0 Å². The predicted molar refractivity (Wildman–Crippen MR) is 74.7 cm³/mol. The number of benzene rings is 2. The number of aliphatic imine (C=N–C) groups is 1. The van der Waals surface area contributed by atoms with Gasteiger partial charge in [-0.3, -0.25) is 4.99 Å². The normalized spacial score (nSPS) is 11.0. The van der Waals surface area contributed by atoms with Crippen LogP contribution in [0, 0.1) is 0 Å². The number of rotatable bonds is 3. The summed E-state index contributed by atoms with van der Waals surface area (Å²) in [6.45, 7) is 0.513. The summed E-state index contributed by atoms with van der Waals surface area (Å²) in [6.07, 6.45) is 1.58. The second kappa shape index (κ2) is 5.67. The molecule has 0 aliphatic heterocycles. The largest absolute Gasteiger partial charge is 0.507 e. The lowest BCUT2D eigenvalue weighted by molar-refractivity contribution is 0.474. The Kier molecular flexibility index (Phi) is 3.97. The van der Waals surface area contributed by atoms with E-state index >= 15 is 0 Å². The van der Waals surface area contributed by atoms with Gasteiger partial charge in [-0.2, -0.15) is 0 Å². The molecule has 0 unspecified atom stereocenters. The minimum Gasteiger partial charge on any atom is -0.507 e. The molecule has 2 rings (SSSR count). The van der Waals surface area contributed by atoms with Crippen molar-refractivity contribution in [1.29, 1.82) is 0 Å². The van der Waals surface area contributed by atoms with E-state index < -0.39 is 0 Å². The van der Waals surface area contributed by atoms with Crippen molar-refractivity contribution in [2.75, 3.05) is 0 Å². The minimum absolute atomic E-state index is 0.154. The van der Waals surface area contributed by atoms with Crippen LogP contribution < -0.4 is 5.73 Å². The lowest BCUT2D eigenvalue weighted by atomic mass is 10.2. The Morgan fingerprint density at radius 2 is 1.89 bits per heavy atom. The summed E-state index contributed by atoms with van der Waals surface area (Å²) in [4.78, 5) is 4.27. The summed E-state index contributed by atoms with van der Waals surface area (Å²) in [5, 5.41) is 10.2. The van der Waals surface area contributed by atoms with Gasteiger partial charge in [-0.05, 0) is 35.9 Å². The zero-order valence-electron chi connectivity index (χ0n) is 9.68. The number of hydrogen-bond donors (Lipinski definition) is 2. The Bertz CT molecular complexity index is 565. The second-order valence-corrected chi connectivity index (χ2v) is 4.27. The average Bonchev–Trinajstić information content (AvgIpc) is 2.40. The first kappa shape index (κ1) is 12.6. The van der Waals surface area contributed by atoms with Crippen molar-refractivity contribution < 1.29 is 5.11 Å². The van der Waals surface area contributed by atoms with Crippen LogP contribution in [0.1, 0.15) is 11.1 Å². The van der Waals surface area contributed by atoms with Crippen LogP contribution in [0.25, 0.3) is 0 Å². The molecule has 0 aromatic heterocycles. The van der Waals surface area contributed by atoms with Gasteiger partial charge in [0.2, 0.25) is 0 Å². The number of phenols is 1. The number of phenolic OH excluding ortho intramolecular Hbond substituents is 1. The van der Waals surface area contributed by atoms with Gasteiger partial charge in [-0.1, -0.05) is 23.7 Å². The van der Waals surface area contributed by atoms with Crippen LogP contribution in [0.4, 0.5) is 5.69 Å². The maximum Gasteiger partial charge on any atom is 0.124 e. The van der Waals surface area contributed by atoms with E-state index in [4.69, 9.17) is 17.3 Å². The third kappa shape index (κ3) is 3.09. The fourth-order valence-electron chi connectivity index (χ4n) is 1.49. The molecule has 0 fully saturated rings. The zero-order valence-corrected chi connectivity index (χ0v) is 10.4. The van der Waals surface area contributed by atoms with Gasteiger partial charge in [0, 0.05) is 23.3 Å². The van der Waals surface area contributed by atoms with E-state index in [0.717, 1.165) is 11.3 Å². The molecule has 0 amide bonds. The maximum atomic E-state index is 9.63.